The molecular weight excluding hydrogens is 362 g/mol. The Balaban J connectivity index is 2.00. The van der Waals surface area contributed by atoms with E-state index in [9.17, 15) is 4.79 Å². The van der Waals surface area contributed by atoms with Crippen LogP contribution in [0.5, 0.6) is 0 Å². The number of nitrogens with two attached hydrogens (primary N) is 2. The van der Waals surface area contributed by atoms with Crippen molar-refractivity contribution in [3.05, 3.63) is 64.8 Å². The Morgan fingerprint density at radius 2 is 1.81 bits per heavy atom. The molecule has 0 saturated heterocycles. The molecule has 1 heterocycles. The van der Waals surface area contributed by atoms with Crippen molar-refractivity contribution in [2.75, 3.05) is 16.8 Å². The zero-order valence-corrected chi connectivity index (χ0v) is 15.4. The van der Waals surface area contributed by atoms with Crippen molar-refractivity contribution in [1.29, 1.82) is 0 Å². The van der Waals surface area contributed by atoms with Gasteiger partial charge in [-0.05, 0) is 41.5 Å². The maximum Gasteiger partial charge on any atom is 0.222 e. The van der Waals surface area contributed by atoms with Crippen molar-refractivity contribution in [2.45, 2.75) is 6.92 Å². The average Bonchev–Trinajstić information content (AvgIpc) is 2.60. The number of rotatable bonds is 4. The Labute approximate surface area is 161 Å². The molecule has 0 bridgehead atoms. The van der Waals surface area contributed by atoms with Crippen molar-refractivity contribution < 1.29 is 4.79 Å². The molecule has 0 saturated carbocycles. The second kappa shape index (κ2) is 7.88. The fourth-order valence-electron chi connectivity index (χ4n) is 2.65. The summed E-state index contributed by atoms with van der Waals surface area (Å²) in [5.74, 6) is 0.255. The van der Waals surface area contributed by atoms with Crippen LogP contribution >= 0.6 is 11.6 Å². The summed E-state index contributed by atoms with van der Waals surface area (Å²) in [4.78, 5) is 19.6. The van der Waals surface area contributed by atoms with E-state index >= 15 is 0 Å². The van der Waals surface area contributed by atoms with Gasteiger partial charge in [0, 0.05) is 23.2 Å². The summed E-state index contributed by atoms with van der Waals surface area (Å²) in [5.41, 5.74) is 15.6. The first kappa shape index (κ1) is 18.4. The van der Waals surface area contributed by atoms with Crippen molar-refractivity contribution >= 4 is 47.1 Å². The van der Waals surface area contributed by atoms with Gasteiger partial charge < -0.3 is 16.8 Å². The lowest BCUT2D eigenvalue weighted by Crippen LogP contribution is -2.05. The number of aromatic nitrogens is 2. The van der Waals surface area contributed by atoms with Crippen LogP contribution in [0.25, 0.3) is 23.3 Å². The highest BCUT2D eigenvalue weighted by atomic mass is 35.5. The monoisotopic (exact) mass is 379 g/mol. The van der Waals surface area contributed by atoms with Crippen molar-refractivity contribution in [2.24, 2.45) is 0 Å². The number of anilines is 3. The Bertz CT molecular complexity index is 1020. The molecule has 6 nitrogen and oxygen atoms in total. The molecule has 3 aromatic rings. The minimum atomic E-state index is -0.127. The van der Waals surface area contributed by atoms with Gasteiger partial charge in [0.15, 0.2) is 0 Å². The highest BCUT2D eigenvalue weighted by Gasteiger charge is 2.12. The molecule has 7 heteroatoms. The predicted molar refractivity (Wildman–Crippen MR) is 111 cm³/mol. The molecule has 5 N–H and O–H groups in total. The molecule has 0 aliphatic rings. The first-order valence-electron chi connectivity index (χ1n) is 8.17. The van der Waals surface area contributed by atoms with E-state index in [4.69, 9.17) is 23.1 Å². The van der Waals surface area contributed by atoms with Gasteiger partial charge in [-0.15, -0.1) is 0 Å². The van der Waals surface area contributed by atoms with Gasteiger partial charge in [0.05, 0.1) is 5.69 Å². The standard InChI is InChI=1S/C20H18ClN5O/c1-12(27)24-16-4-2-3-13(11-16)5-10-17-18(19(22)26-20(23)25-17)14-6-8-15(21)9-7-14/h2-11H,1H3,(H,24,27)(H4,22,23,25,26)/b10-5-. The molecule has 27 heavy (non-hydrogen) atoms. The lowest BCUT2D eigenvalue weighted by atomic mass is 10.0. The van der Waals surface area contributed by atoms with E-state index in [1.54, 1.807) is 12.1 Å². The summed E-state index contributed by atoms with van der Waals surface area (Å²) >= 11 is 5.97. The van der Waals surface area contributed by atoms with E-state index in [0.29, 0.717) is 22.0 Å². The number of benzene rings is 2. The largest absolute Gasteiger partial charge is 0.383 e. The number of carbonyl (C=O) groups is 1. The SMILES string of the molecule is CC(=O)Nc1cccc(/C=C\c2nc(N)nc(N)c2-c2ccc(Cl)cc2)c1. The summed E-state index contributed by atoms with van der Waals surface area (Å²) in [6.45, 7) is 1.47. The number of carbonyl (C=O) groups excluding carboxylic acids is 1. The van der Waals surface area contributed by atoms with Gasteiger partial charge in [-0.25, -0.2) is 4.98 Å². The van der Waals surface area contributed by atoms with Gasteiger partial charge >= 0.3 is 0 Å². The van der Waals surface area contributed by atoms with Crippen LogP contribution < -0.4 is 16.8 Å². The summed E-state index contributed by atoms with van der Waals surface area (Å²) < 4.78 is 0. The fourth-order valence-corrected chi connectivity index (χ4v) is 2.77. The van der Waals surface area contributed by atoms with Crippen LogP contribution in [0, 0.1) is 0 Å². The lowest BCUT2D eigenvalue weighted by molar-refractivity contribution is -0.114. The fraction of sp³-hybridized carbons (Fsp3) is 0.0500. The zero-order valence-electron chi connectivity index (χ0n) is 14.6. The smallest absolute Gasteiger partial charge is 0.222 e. The highest BCUT2D eigenvalue weighted by molar-refractivity contribution is 6.30. The molecule has 1 amide bonds. The van der Waals surface area contributed by atoms with E-state index in [1.807, 2.05) is 48.6 Å². The van der Waals surface area contributed by atoms with Crippen LogP contribution in [0.2, 0.25) is 5.02 Å². The van der Waals surface area contributed by atoms with Crippen LogP contribution in [0.3, 0.4) is 0 Å². The second-order valence-corrected chi connectivity index (χ2v) is 6.31. The molecule has 0 aliphatic carbocycles. The van der Waals surface area contributed by atoms with Crippen LogP contribution in [0.15, 0.2) is 48.5 Å². The zero-order chi connectivity index (χ0) is 19.4. The lowest BCUT2D eigenvalue weighted by Gasteiger charge is -2.10. The molecule has 136 valence electrons. The first-order valence-corrected chi connectivity index (χ1v) is 8.55. The summed E-state index contributed by atoms with van der Waals surface area (Å²) in [7, 11) is 0. The molecular formula is C20H18ClN5O. The van der Waals surface area contributed by atoms with E-state index in [1.165, 1.54) is 6.92 Å². The van der Waals surface area contributed by atoms with Gasteiger partial charge in [0.25, 0.3) is 0 Å². The van der Waals surface area contributed by atoms with Crippen molar-refractivity contribution in [3.8, 4) is 11.1 Å². The third-order valence-corrected chi connectivity index (χ3v) is 4.01. The number of hydrogen-bond donors (Lipinski definition) is 3. The molecule has 0 radical (unpaired) electrons. The molecule has 0 spiro atoms. The minimum Gasteiger partial charge on any atom is -0.383 e. The molecule has 2 aromatic carbocycles. The van der Waals surface area contributed by atoms with Crippen LogP contribution in [-0.4, -0.2) is 15.9 Å². The maximum atomic E-state index is 11.2. The molecule has 0 aliphatic heterocycles. The van der Waals surface area contributed by atoms with Crippen LogP contribution in [0.1, 0.15) is 18.2 Å². The van der Waals surface area contributed by atoms with Gasteiger partial charge in [0.2, 0.25) is 11.9 Å². The molecule has 1 aromatic heterocycles. The Morgan fingerprint density at radius 3 is 2.52 bits per heavy atom. The van der Waals surface area contributed by atoms with Gasteiger partial charge in [-0.1, -0.05) is 41.9 Å². The number of nitrogens with zero attached hydrogens (tertiary/aromatic N) is 2. The molecule has 3 rings (SSSR count). The second-order valence-electron chi connectivity index (χ2n) is 5.87. The molecule has 0 fully saturated rings. The minimum absolute atomic E-state index is 0.0943. The normalized spacial score (nSPS) is 10.9. The van der Waals surface area contributed by atoms with E-state index in [-0.39, 0.29) is 17.7 Å². The number of nitrogen functional groups attached to an aromatic ring is 2. The van der Waals surface area contributed by atoms with Crippen LogP contribution in [0.4, 0.5) is 17.5 Å². The Kier molecular flexibility index (Phi) is 5.38. The Hall–Kier alpha value is -3.38. The molecule has 0 unspecified atom stereocenters. The van der Waals surface area contributed by atoms with Gasteiger partial charge in [-0.2, -0.15) is 4.98 Å². The number of nitrogens with one attached hydrogen (secondary N) is 1. The summed E-state index contributed by atoms with van der Waals surface area (Å²) in [5, 5.41) is 3.38. The topological polar surface area (TPSA) is 107 Å². The summed E-state index contributed by atoms with van der Waals surface area (Å²) in [6, 6.07) is 14.7. The predicted octanol–water partition coefficient (Wildman–Crippen LogP) is 4.09. The first-order chi connectivity index (χ1) is 12.9. The Morgan fingerprint density at radius 1 is 1.07 bits per heavy atom. The van der Waals surface area contributed by atoms with E-state index < -0.39 is 0 Å². The number of hydrogen-bond acceptors (Lipinski definition) is 5. The molecule has 0 atom stereocenters. The summed E-state index contributed by atoms with van der Waals surface area (Å²) in [6.07, 6.45) is 3.68. The van der Waals surface area contributed by atoms with Crippen molar-refractivity contribution in [1.82, 2.24) is 9.97 Å². The number of amides is 1. The van der Waals surface area contributed by atoms with Crippen LogP contribution in [-0.2, 0) is 4.79 Å². The quantitative estimate of drug-likeness (QED) is 0.632. The third-order valence-electron chi connectivity index (χ3n) is 3.76. The van der Waals surface area contributed by atoms with Gasteiger partial charge in [0.1, 0.15) is 5.82 Å². The van der Waals surface area contributed by atoms with E-state index in [2.05, 4.69) is 15.3 Å². The number of halogens is 1. The maximum absolute atomic E-state index is 11.2. The van der Waals surface area contributed by atoms with Gasteiger partial charge in [-0.3, -0.25) is 4.79 Å². The average molecular weight is 380 g/mol. The van der Waals surface area contributed by atoms with Crippen molar-refractivity contribution in [3.63, 3.8) is 0 Å². The highest BCUT2D eigenvalue weighted by Crippen LogP contribution is 2.30. The van der Waals surface area contributed by atoms with E-state index in [0.717, 1.165) is 11.1 Å². The third kappa shape index (κ3) is 4.62.